The Morgan fingerprint density at radius 1 is 0.411 bits per heavy atom. The van der Waals surface area contributed by atoms with Gasteiger partial charge in [-0.25, -0.2) is 4.98 Å². The van der Waals surface area contributed by atoms with Crippen molar-refractivity contribution in [2.45, 2.75) is 117 Å². The number of benzene rings is 7. The second-order valence-corrected chi connectivity index (χ2v) is 24.4. The van der Waals surface area contributed by atoms with Gasteiger partial charge in [-0.2, -0.15) is 0 Å². The number of rotatable bonds is 10. The van der Waals surface area contributed by atoms with Gasteiger partial charge in [0.25, 0.3) is 0 Å². The van der Waals surface area contributed by atoms with Crippen molar-refractivity contribution in [3.8, 4) is 17.3 Å². The zero-order valence-electron chi connectivity index (χ0n) is 45.3. The van der Waals surface area contributed by atoms with E-state index in [1.54, 1.807) is 0 Å². The van der Waals surface area contributed by atoms with Gasteiger partial charge in [0.15, 0.2) is 0 Å². The minimum atomic E-state index is -0.352. The van der Waals surface area contributed by atoms with E-state index in [1.807, 2.05) is 6.20 Å². The molecule has 0 radical (unpaired) electrons. The van der Waals surface area contributed by atoms with Crippen molar-refractivity contribution in [2.24, 2.45) is 0 Å². The van der Waals surface area contributed by atoms with Crippen LogP contribution in [0, 0.1) is 0 Å². The molecule has 73 heavy (non-hydrogen) atoms. The Bertz CT molecular complexity index is 3510. The molecule has 0 amide bonds. The lowest BCUT2D eigenvalue weighted by atomic mass is 9.75. The van der Waals surface area contributed by atoms with E-state index in [9.17, 15) is 0 Å². The third-order valence-electron chi connectivity index (χ3n) is 15.4. The van der Waals surface area contributed by atoms with Crippen LogP contribution in [0.1, 0.15) is 135 Å². The Kier molecular flexibility index (Phi) is 12.3. The molecular weight excluding hydrogens is 889 g/mol. The summed E-state index contributed by atoms with van der Waals surface area (Å²) in [4.78, 5) is 9.91. The summed E-state index contributed by atoms with van der Waals surface area (Å²) in [6.07, 6.45) is 4.29. The molecule has 0 aliphatic carbocycles. The van der Waals surface area contributed by atoms with Crippen LogP contribution in [-0.2, 0) is 27.1 Å². The molecule has 0 N–H and O–H groups in total. The first-order chi connectivity index (χ1) is 34.6. The van der Waals surface area contributed by atoms with Gasteiger partial charge in [0.2, 0.25) is 0 Å². The number of fused-ring (bicyclic) bond motifs is 3. The molecule has 5 nitrogen and oxygen atoms in total. The molecule has 0 fully saturated rings. The Hall–Kier alpha value is -7.37. The molecule has 0 unspecified atom stereocenters. The van der Waals surface area contributed by atoms with E-state index < -0.39 is 0 Å². The smallest absolute Gasteiger partial charge is 0.137 e. The van der Waals surface area contributed by atoms with Gasteiger partial charge >= 0.3 is 0 Å². The molecule has 0 saturated heterocycles. The number of ether oxygens (including phenoxy) is 1. The number of hydrogen-bond donors (Lipinski definition) is 0. The fourth-order valence-electron chi connectivity index (χ4n) is 10.4. The van der Waals surface area contributed by atoms with Gasteiger partial charge in [-0.15, -0.1) is 0 Å². The van der Waals surface area contributed by atoms with Crippen LogP contribution in [0.5, 0.6) is 11.5 Å². The average Bonchev–Trinajstić information content (AvgIpc) is 3.96. The van der Waals surface area contributed by atoms with E-state index in [1.165, 1.54) is 44.5 Å². The topological polar surface area (TPSA) is 33.5 Å². The third-order valence-corrected chi connectivity index (χ3v) is 15.4. The first-order valence-corrected chi connectivity index (χ1v) is 26.0. The Balaban J connectivity index is 1.12. The van der Waals surface area contributed by atoms with Crippen molar-refractivity contribution < 1.29 is 4.74 Å². The van der Waals surface area contributed by atoms with Crippen molar-refractivity contribution in [1.29, 1.82) is 0 Å². The highest BCUT2D eigenvalue weighted by atomic mass is 16.5. The molecule has 0 spiro atoms. The fourth-order valence-corrected chi connectivity index (χ4v) is 10.4. The van der Waals surface area contributed by atoms with Crippen LogP contribution < -0.4 is 14.5 Å². The van der Waals surface area contributed by atoms with Gasteiger partial charge in [-0.3, -0.25) is 4.57 Å². The SMILES string of the molecule is CC(C)(C)c1cc(N2C=C(c3ccccc3)N(c3cc(Oc4ccc5c6cc(C(C)(C)C)ccc6n(-c6cc(C(C)(C)C)ccn6)c5c4)cc(C(C)(C)c4ccccc4)c3)C2)cc(C(C)(C)c2ccccc2)c1. The van der Waals surface area contributed by atoms with Gasteiger partial charge in [-0.1, -0.05) is 193 Å². The highest BCUT2D eigenvalue weighted by molar-refractivity contribution is 6.10. The summed E-state index contributed by atoms with van der Waals surface area (Å²) in [6.45, 7) is 30.5. The van der Waals surface area contributed by atoms with Gasteiger partial charge in [0.1, 0.15) is 17.3 Å². The third kappa shape index (κ3) is 9.59. The largest absolute Gasteiger partial charge is 0.457 e. The van der Waals surface area contributed by atoms with Crippen molar-refractivity contribution in [3.63, 3.8) is 0 Å². The molecule has 1 aliphatic heterocycles. The standard InChI is InChI=1S/C68H72N4O/c1-64(2,3)49-29-32-60-59(40-49)58-31-30-56(43-61(58)72(60)63-41-50(33-34-69-63)65(4,5)6)73-57-39-53(68(12,13)48-27-21-16-22-28-48)38-55(42-57)71-45-70(44-62(71)46-23-17-14-18-24-46)54-36-51(66(7,8)9)35-52(37-54)67(10,11)47-25-19-15-20-26-47/h14-44H,45H2,1-13H3. The van der Waals surface area contributed by atoms with Crippen LogP contribution in [0.15, 0.2) is 188 Å². The van der Waals surface area contributed by atoms with Gasteiger partial charge < -0.3 is 14.5 Å². The monoisotopic (exact) mass is 961 g/mol. The molecule has 2 aromatic heterocycles. The van der Waals surface area contributed by atoms with E-state index in [0.29, 0.717) is 6.67 Å². The maximum atomic E-state index is 7.21. The maximum absolute atomic E-state index is 7.21. The van der Waals surface area contributed by atoms with Crippen LogP contribution in [0.25, 0.3) is 33.3 Å². The second kappa shape index (κ2) is 18.3. The van der Waals surface area contributed by atoms with Crippen molar-refractivity contribution in [3.05, 3.63) is 233 Å². The quantitative estimate of drug-likeness (QED) is 0.137. The predicted octanol–water partition coefficient (Wildman–Crippen LogP) is 17.8. The molecule has 0 saturated carbocycles. The van der Waals surface area contributed by atoms with E-state index >= 15 is 0 Å². The van der Waals surface area contributed by atoms with Crippen LogP contribution in [0.4, 0.5) is 11.4 Å². The van der Waals surface area contributed by atoms with E-state index in [-0.39, 0.29) is 27.1 Å². The Morgan fingerprint density at radius 3 is 1.59 bits per heavy atom. The van der Waals surface area contributed by atoms with E-state index in [0.717, 1.165) is 56.2 Å². The average molecular weight is 961 g/mol. The zero-order valence-corrected chi connectivity index (χ0v) is 45.3. The molecule has 370 valence electrons. The highest BCUT2D eigenvalue weighted by Crippen LogP contribution is 2.45. The van der Waals surface area contributed by atoms with Crippen molar-refractivity contribution in [1.82, 2.24) is 9.55 Å². The Labute approximate surface area is 434 Å². The number of hydrogen-bond acceptors (Lipinski definition) is 4. The van der Waals surface area contributed by atoms with Crippen LogP contribution in [0.3, 0.4) is 0 Å². The zero-order chi connectivity index (χ0) is 51.7. The lowest BCUT2D eigenvalue weighted by Crippen LogP contribution is -2.28. The first-order valence-electron chi connectivity index (χ1n) is 26.0. The van der Waals surface area contributed by atoms with Crippen molar-refractivity contribution in [2.75, 3.05) is 16.5 Å². The highest BCUT2D eigenvalue weighted by Gasteiger charge is 2.32. The molecule has 0 bridgehead atoms. The minimum absolute atomic E-state index is 0.00700. The summed E-state index contributed by atoms with van der Waals surface area (Å²) in [5, 5.41) is 2.37. The summed E-state index contributed by atoms with van der Waals surface area (Å²) in [7, 11) is 0. The summed E-state index contributed by atoms with van der Waals surface area (Å²) in [5.41, 5.74) is 14.8. The first kappa shape index (κ1) is 49.2. The maximum Gasteiger partial charge on any atom is 0.137 e. The fraction of sp³-hybridized carbons (Fsp3) is 0.279. The van der Waals surface area contributed by atoms with Gasteiger partial charge in [0.05, 0.1) is 23.4 Å². The lowest BCUT2D eigenvalue weighted by Gasteiger charge is -2.32. The van der Waals surface area contributed by atoms with E-state index in [4.69, 9.17) is 9.72 Å². The molecule has 10 rings (SSSR count). The second-order valence-electron chi connectivity index (χ2n) is 24.4. The summed E-state index contributed by atoms with van der Waals surface area (Å²) in [6, 6.07) is 64.4. The number of anilines is 2. The number of aromatic nitrogens is 2. The van der Waals surface area contributed by atoms with Crippen LogP contribution in [0.2, 0.25) is 0 Å². The molecule has 1 aliphatic rings. The molecule has 7 aromatic carbocycles. The molecule has 0 atom stereocenters. The summed E-state index contributed by atoms with van der Waals surface area (Å²) >= 11 is 0. The molecule has 9 aromatic rings. The normalized spacial score (nSPS) is 13.8. The molecule has 5 heteroatoms. The van der Waals surface area contributed by atoms with E-state index in [2.05, 4.69) is 287 Å². The number of pyridine rings is 1. The predicted molar refractivity (Wildman–Crippen MR) is 309 cm³/mol. The summed E-state index contributed by atoms with van der Waals surface area (Å²) < 4.78 is 9.52. The minimum Gasteiger partial charge on any atom is -0.457 e. The van der Waals surface area contributed by atoms with Crippen molar-refractivity contribution >= 4 is 38.9 Å². The molecular formula is C68H72N4O. The summed E-state index contributed by atoms with van der Waals surface area (Å²) in [5.74, 6) is 2.42. The van der Waals surface area contributed by atoms with Crippen LogP contribution >= 0.6 is 0 Å². The van der Waals surface area contributed by atoms with Gasteiger partial charge in [-0.05, 0) is 121 Å². The molecule has 3 heterocycles. The Morgan fingerprint density at radius 2 is 0.973 bits per heavy atom. The van der Waals surface area contributed by atoms with Crippen LogP contribution in [-0.4, -0.2) is 16.2 Å². The number of nitrogens with zero attached hydrogens (tertiary/aromatic N) is 4. The lowest BCUT2D eigenvalue weighted by molar-refractivity contribution is 0.480. The van der Waals surface area contributed by atoms with Gasteiger partial charge in [0, 0.05) is 57.5 Å².